The topological polar surface area (TPSA) is 118 Å². The summed E-state index contributed by atoms with van der Waals surface area (Å²) >= 11 is 1.40. The van der Waals surface area contributed by atoms with E-state index in [0.717, 1.165) is 122 Å². The zero-order valence-electron chi connectivity index (χ0n) is 43.3. The van der Waals surface area contributed by atoms with E-state index in [1.165, 1.54) is 61.2 Å². The molecule has 11 rings (SSSR count). The molecule has 0 saturated carbocycles. The fraction of sp³-hybridized carbons (Fsp3) is 0.267. The Morgan fingerprint density at radius 2 is 1.03 bits per heavy atom. The van der Waals surface area contributed by atoms with Crippen molar-refractivity contribution in [2.24, 2.45) is 0 Å². The van der Waals surface area contributed by atoms with Gasteiger partial charge in [-0.3, -0.25) is 14.8 Å². The molecule has 0 radical (unpaired) electrons. The lowest BCUT2D eigenvalue weighted by atomic mass is 9.96. The normalized spacial score (nSPS) is 15.8. The Labute approximate surface area is 447 Å². The predicted molar refractivity (Wildman–Crippen MR) is 305 cm³/mol. The third-order valence-electron chi connectivity index (χ3n) is 14.5. The van der Waals surface area contributed by atoms with Gasteiger partial charge < -0.3 is 20.0 Å². The van der Waals surface area contributed by atoms with Gasteiger partial charge in [0, 0.05) is 118 Å². The van der Waals surface area contributed by atoms with E-state index in [-0.39, 0.29) is 10.6 Å². The molecule has 5 aromatic carbocycles. The van der Waals surface area contributed by atoms with Gasteiger partial charge >= 0.3 is 0 Å². The molecule has 376 valence electrons. The number of fused-ring (bicyclic) bond motifs is 2. The largest absolute Gasteiger partial charge is 0.508 e. The molecule has 11 nitrogen and oxygen atoms in total. The lowest BCUT2D eigenvalue weighted by Crippen LogP contribution is -2.43. The maximum Gasteiger partial charge on any atom is 0.269 e. The molecular weight excluding hydrogens is 1040 g/mol. The monoisotopic (exact) mass is 1110 g/mol. The fourth-order valence-electron chi connectivity index (χ4n) is 10.3. The van der Waals surface area contributed by atoms with E-state index in [2.05, 4.69) is 95.2 Å². The quantitative estimate of drug-likeness (QED) is 0.128. The van der Waals surface area contributed by atoms with Crippen LogP contribution in [0.3, 0.4) is 0 Å². The van der Waals surface area contributed by atoms with Crippen molar-refractivity contribution in [2.75, 3.05) is 66.5 Å². The molecule has 0 bridgehead atoms. The van der Waals surface area contributed by atoms with Gasteiger partial charge in [-0.25, -0.2) is 17.4 Å². The smallest absolute Gasteiger partial charge is 0.269 e. The van der Waals surface area contributed by atoms with Crippen molar-refractivity contribution in [3.8, 4) is 44.9 Å². The van der Waals surface area contributed by atoms with E-state index < -0.39 is 10.0 Å². The number of aromatic hydroxyl groups is 2. The maximum atomic E-state index is 13.9. The first-order chi connectivity index (χ1) is 35.8. The molecule has 3 aliphatic rings. The van der Waals surface area contributed by atoms with E-state index in [4.69, 9.17) is 10.6 Å². The molecule has 8 aromatic rings. The number of pyridine rings is 2. The molecule has 2 fully saturated rings. The molecule has 2 N–H and O–H groups in total. The highest BCUT2D eigenvalue weighted by atomic mass is 127. The van der Waals surface area contributed by atoms with E-state index in [1.54, 1.807) is 66.9 Å². The molecule has 3 aromatic heterocycles. The Balaban J connectivity index is 0.000000182. The van der Waals surface area contributed by atoms with E-state index >= 15 is 0 Å². The van der Waals surface area contributed by atoms with Crippen molar-refractivity contribution in [3.63, 3.8) is 0 Å². The maximum absolute atomic E-state index is 13.9. The molecule has 13 heteroatoms. The molecule has 1 aliphatic carbocycles. The van der Waals surface area contributed by atoms with Gasteiger partial charge in [-0.1, -0.05) is 96.1 Å². The highest BCUT2D eigenvalue weighted by molar-refractivity contribution is 14.0. The first kappa shape index (κ1) is 50.3. The van der Waals surface area contributed by atoms with Crippen molar-refractivity contribution in [2.45, 2.75) is 45.2 Å². The van der Waals surface area contributed by atoms with Crippen LogP contribution in [0.2, 0.25) is 0 Å². The summed E-state index contributed by atoms with van der Waals surface area (Å²) in [6.45, 7) is 16.7. The Morgan fingerprint density at radius 3 is 1.55 bits per heavy atom. The number of aryl methyl sites for hydroxylation is 1. The van der Waals surface area contributed by atoms with Crippen molar-refractivity contribution >= 4 is 50.4 Å². The summed E-state index contributed by atoms with van der Waals surface area (Å²) in [5.74, 6) is 0.446. The fourth-order valence-corrected chi connectivity index (χ4v) is 11.8. The number of phenolic OH excluding ortho intramolecular Hbond substituents is 2. The molecule has 2 aliphatic heterocycles. The van der Waals surface area contributed by atoms with Crippen molar-refractivity contribution in [1.29, 1.82) is 0.594 Å². The highest BCUT2D eigenvalue weighted by Gasteiger charge is 2.28. The van der Waals surface area contributed by atoms with Crippen molar-refractivity contribution in [1.82, 2.24) is 33.5 Å². The Bertz CT molecular complexity index is 3370. The summed E-state index contributed by atoms with van der Waals surface area (Å²) in [5.41, 5.74) is 16.5. The number of halogens is 1. The Hall–Kier alpha value is -6.20. The lowest BCUT2D eigenvalue weighted by Gasteiger charge is -2.32. The second-order valence-electron chi connectivity index (χ2n) is 19.8. The van der Waals surface area contributed by atoms with Gasteiger partial charge in [-0.2, -0.15) is 0 Å². The summed E-state index contributed by atoms with van der Waals surface area (Å²) in [6, 6.07) is 43.0. The number of hydrogen-bond acceptors (Lipinski definition) is 10. The van der Waals surface area contributed by atoms with Crippen LogP contribution in [0.25, 0.3) is 50.0 Å². The van der Waals surface area contributed by atoms with Crippen LogP contribution in [0.5, 0.6) is 11.5 Å². The van der Waals surface area contributed by atoms with Gasteiger partial charge in [0.25, 0.3) is 10.0 Å². The van der Waals surface area contributed by atoms with E-state index in [0.29, 0.717) is 17.1 Å². The summed E-state index contributed by atoms with van der Waals surface area (Å²) in [5, 5.41) is 20.3. The molecule has 0 amide bonds. The molecule has 0 unspecified atom stereocenters. The second kappa shape index (κ2) is 22.1. The van der Waals surface area contributed by atoms with Crippen LogP contribution in [0.4, 0.5) is 0 Å². The molecule has 2 saturated heterocycles. The van der Waals surface area contributed by atoms with Gasteiger partial charge in [0.15, 0.2) is 5.65 Å². The van der Waals surface area contributed by atoms with Crippen LogP contribution in [-0.2, 0) is 29.5 Å². The second-order valence-corrected chi connectivity index (χ2v) is 21.6. The Kier molecular flexibility index (Phi) is 15.2. The van der Waals surface area contributed by atoms with Crippen LogP contribution in [0.15, 0.2) is 156 Å². The third-order valence-corrected chi connectivity index (χ3v) is 16.3. The van der Waals surface area contributed by atoms with E-state index in [1.807, 2.05) is 38.2 Å². The van der Waals surface area contributed by atoms with Crippen molar-refractivity contribution in [3.05, 3.63) is 191 Å². The van der Waals surface area contributed by atoms with Gasteiger partial charge in [0.1, 0.15) is 12.1 Å². The first-order valence-corrected chi connectivity index (χ1v) is 26.3. The third kappa shape index (κ3) is 11.3. The molecular formula is C60H64IN7O4S. The summed E-state index contributed by atoms with van der Waals surface area (Å²) in [4.78, 5) is 19.5. The summed E-state index contributed by atoms with van der Waals surface area (Å²) in [6.07, 6.45) is 4.64. The number of allylic oxidation sites excluding steroid dienone is 1. The minimum absolute atomic E-state index is 0.151. The molecule has 5 heterocycles. The number of hydrogen-bond donors (Lipinski definition) is 2. The SMILES string of the molecule is CC1=C(c2ccc(O)cc2)c2cc(-c3ccc(CN4CCN(C)CC4)cc3)cnc2C1.Cc1ccc(S(=O)(=O)n2c(C)c(-c3ccc(O)cc3)c3cc(-c4ccc(CN5CCN(C)CC5)cc4)cnc32)cc1.[3H]I. The average molecular weight is 1110 g/mol. The average Bonchev–Trinajstić information content (AvgIpc) is 3.91. The van der Waals surface area contributed by atoms with Crippen molar-refractivity contribution < 1.29 is 18.6 Å². The number of nitrogens with zero attached hydrogens (tertiary/aromatic N) is 7. The zero-order valence-corrected chi connectivity index (χ0v) is 45.2. The van der Waals surface area contributed by atoms with Gasteiger partial charge in [0.05, 0.1) is 10.6 Å². The standard InChI is InChI=1S/C33H34N4O3S.C27H29N3O.HI/c1-23-4-14-30(15-5-23)41(39,40)37-24(2)32(27-10-12-29(38)13-11-27)31-20-28(21-34-33(31)37)26-8-6-25(7-9-26)22-36-18-16-35(3)17-19-36;1-19-15-26-25(27(19)22-7-9-24(31)10-8-22)16-23(17-28-26)21-5-3-20(4-6-21)18-30-13-11-29(2)12-14-30;/h4-15,20-21,38H,16-19,22H2,1-3H3;3-10,16-17,31H,11-15,18H2,1-2H3;1H/i/hT. The van der Waals surface area contributed by atoms with Crippen LogP contribution >= 0.6 is 23.8 Å². The van der Waals surface area contributed by atoms with Gasteiger partial charge in [0.2, 0.25) is 0 Å². The predicted octanol–water partition coefficient (Wildman–Crippen LogP) is 10.9. The number of piperazine rings is 2. The molecule has 0 atom stereocenters. The number of likely N-dealkylation sites (N-methyl/N-ethyl adjacent to an activating group) is 2. The van der Waals surface area contributed by atoms with Gasteiger partial charge in [-0.05, 0) is 122 Å². The minimum atomic E-state index is -3.91. The van der Waals surface area contributed by atoms with Crippen LogP contribution < -0.4 is 0 Å². The lowest BCUT2D eigenvalue weighted by molar-refractivity contribution is 0.148. The van der Waals surface area contributed by atoms with Crippen LogP contribution in [0, 0.1) is 13.8 Å². The Morgan fingerprint density at radius 1 is 0.562 bits per heavy atom. The number of phenols is 2. The number of aromatic nitrogens is 3. The van der Waals surface area contributed by atoms with Crippen LogP contribution in [0.1, 0.15) is 46.1 Å². The summed E-state index contributed by atoms with van der Waals surface area (Å²) < 4.78 is 34.9. The first-order valence-electron chi connectivity index (χ1n) is 25.3. The minimum Gasteiger partial charge on any atom is -0.508 e. The molecule has 0 spiro atoms. The number of benzene rings is 5. The zero-order chi connectivity index (χ0) is 52.1. The van der Waals surface area contributed by atoms with E-state index in [9.17, 15) is 18.6 Å². The van der Waals surface area contributed by atoms with Crippen LogP contribution in [-0.4, -0.2) is 119 Å². The summed E-state index contributed by atoms with van der Waals surface area (Å²) in [7, 11) is 0.447. The number of rotatable bonds is 10. The van der Waals surface area contributed by atoms with Gasteiger partial charge in [-0.15, -0.1) is 23.8 Å². The molecule has 73 heavy (non-hydrogen) atoms. The highest BCUT2D eigenvalue weighted by Crippen LogP contribution is 2.40.